The Morgan fingerprint density at radius 3 is 2.74 bits per heavy atom. The van der Waals surface area contributed by atoms with Crippen molar-refractivity contribution in [2.75, 3.05) is 30.5 Å². The topological polar surface area (TPSA) is 99.6 Å². The summed E-state index contributed by atoms with van der Waals surface area (Å²) >= 11 is 6.51. The Bertz CT molecular complexity index is 1690. The molecule has 1 aliphatic rings. The third-order valence-electron chi connectivity index (χ3n) is 6.94. The van der Waals surface area contributed by atoms with Crippen molar-refractivity contribution in [2.24, 2.45) is 0 Å². The van der Waals surface area contributed by atoms with E-state index in [0.29, 0.717) is 53.7 Å². The second-order valence-corrected chi connectivity index (χ2v) is 12.8. The Hall–Kier alpha value is -3.73. The van der Waals surface area contributed by atoms with Crippen molar-refractivity contribution in [3.8, 4) is 5.75 Å². The highest BCUT2D eigenvalue weighted by molar-refractivity contribution is 7.90. The Morgan fingerprint density at radius 1 is 1.10 bits per heavy atom. The van der Waals surface area contributed by atoms with Crippen LogP contribution in [0, 0.1) is 5.82 Å². The maximum absolute atomic E-state index is 13.5. The summed E-state index contributed by atoms with van der Waals surface area (Å²) in [6.07, 6.45) is 8.50. The summed E-state index contributed by atoms with van der Waals surface area (Å²) in [6, 6.07) is 17.6. The number of sulfone groups is 1. The average Bonchev–Trinajstić information content (AvgIpc) is 3.44. The van der Waals surface area contributed by atoms with Crippen LogP contribution < -0.4 is 10.1 Å². The first-order chi connectivity index (χ1) is 20.2. The molecule has 2 heterocycles. The maximum Gasteiger partial charge on any atom is 0.149 e. The average molecular weight is 612 g/mol. The predicted molar refractivity (Wildman–Crippen MR) is 161 cm³/mol. The van der Waals surface area contributed by atoms with E-state index in [1.54, 1.807) is 30.5 Å². The van der Waals surface area contributed by atoms with E-state index in [9.17, 15) is 12.8 Å². The lowest BCUT2D eigenvalue weighted by Gasteiger charge is -2.30. The number of fused-ring (bicyclic) bond motifs is 1. The highest BCUT2D eigenvalue weighted by atomic mass is 35.5. The molecule has 0 bridgehead atoms. The summed E-state index contributed by atoms with van der Waals surface area (Å²) in [7, 11) is -3.05. The number of halogens is 2. The van der Waals surface area contributed by atoms with Gasteiger partial charge in [-0.25, -0.2) is 22.8 Å². The molecule has 0 saturated heterocycles. The van der Waals surface area contributed by atoms with Crippen LogP contribution in [0.4, 0.5) is 15.9 Å². The van der Waals surface area contributed by atoms with Crippen LogP contribution in [0.15, 0.2) is 79.3 Å². The number of nitrogens with one attached hydrogen (secondary N) is 1. The molecule has 3 aromatic carbocycles. The van der Waals surface area contributed by atoms with Crippen LogP contribution in [0.3, 0.4) is 0 Å². The van der Waals surface area contributed by atoms with Crippen molar-refractivity contribution >= 4 is 43.8 Å². The fraction of sp³-hybridized carbons (Fsp3) is 0.290. The van der Waals surface area contributed by atoms with E-state index in [1.165, 1.54) is 24.7 Å². The number of rotatable bonds is 13. The van der Waals surface area contributed by atoms with Gasteiger partial charge < -0.3 is 19.5 Å². The fourth-order valence-corrected chi connectivity index (χ4v) is 5.44. The molecular formula is C31H31ClFN3O5S. The molecule has 11 heteroatoms. The van der Waals surface area contributed by atoms with E-state index in [4.69, 9.17) is 25.8 Å². The number of benzene rings is 3. The number of nitrogens with zero attached hydrogens (tertiary/aromatic N) is 2. The summed E-state index contributed by atoms with van der Waals surface area (Å²) in [5, 5.41) is 4.56. The first-order valence-corrected chi connectivity index (χ1v) is 15.9. The molecule has 220 valence electrons. The van der Waals surface area contributed by atoms with E-state index in [-0.39, 0.29) is 24.8 Å². The van der Waals surface area contributed by atoms with Crippen LogP contribution in [-0.4, -0.2) is 43.6 Å². The van der Waals surface area contributed by atoms with Gasteiger partial charge in [0, 0.05) is 30.4 Å². The van der Waals surface area contributed by atoms with Crippen LogP contribution >= 0.6 is 11.6 Å². The number of hydrogen-bond acceptors (Lipinski definition) is 8. The molecule has 0 radical (unpaired) electrons. The molecule has 42 heavy (non-hydrogen) atoms. The monoisotopic (exact) mass is 611 g/mol. The molecular weight excluding hydrogens is 581 g/mol. The molecule has 8 nitrogen and oxygen atoms in total. The van der Waals surface area contributed by atoms with E-state index in [0.717, 1.165) is 16.5 Å². The fourth-order valence-electron chi connectivity index (χ4n) is 4.79. The van der Waals surface area contributed by atoms with E-state index in [2.05, 4.69) is 15.3 Å². The molecule has 1 unspecified atom stereocenters. The third kappa shape index (κ3) is 7.56. The molecule has 1 N–H and O–H groups in total. The van der Waals surface area contributed by atoms with Crippen molar-refractivity contribution in [3.05, 3.63) is 101 Å². The van der Waals surface area contributed by atoms with Gasteiger partial charge in [0.15, 0.2) is 0 Å². The van der Waals surface area contributed by atoms with E-state index >= 15 is 0 Å². The van der Waals surface area contributed by atoms with Gasteiger partial charge in [-0.2, -0.15) is 0 Å². The van der Waals surface area contributed by atoms with Crippen molar-refractivity contribution in [1.82, 2.24) is 9.97 Å². The SMILES string of the molecule is CS(=O)(=O)CCOCCCC1(c2ccc3ncnc(Nc4ccc(OCc5cccc(F)c5)c(Cl)c4)c3c2)CC=CO1. The molecule has 0 saturated carbocycles. The van der Waals surface area contributed by atoms with Gasteiger partial charge in [-0.1, -0.05) is 29.8 Å². The zero-order chi connectivity index (χ0) is 29.6. The molecule has 0 amide bonds. The van der Waals surface area contributed by atoms with Crippen molar-refractivity contribution < 1.29 is 27.0 Å². The minimum absolute atomic E-state index is 0.00647. The second-order valence-electron chi connectivity index (χ2n) is 10.2. The quantitative estimate of drug-likeness (QED) is 0.166. The van der Waals surface area contributed by atoms with Gasteiger partial charge in [0.2, 0.25) is 0 Å². The maximum atomic E-state index is 13.5. The van der Waals surface area contributed by atoms with Crippen LogP contribution in [-0.2, 0) is 31.5 Å². The zero-order valence-corrected chi connectivity index (χ0v) is 24.6. The van der Waals surface area contributed by atoms with Crippen molar-refractivity contribution in [3.63, 3.8) is 0 Å². The predicted octanol–water partition coefficient (Wildman–Crippen LogP) is 6.72. The smallest absolute Gasteiger partial charge is 0.149 e. The van der Waals surface area contributed by atoms with Crippen molar-refractivity contribution in [1.29, 1.82) is 0 Å². The highest BCUT2D eigenvalue weighted by Gasteiger charge is 2.35. The van der Waals surface area contributed by atoms with Gasteiger partial charge in [0.05, 0.1) is 29.2 Å². The second kappa shape index (κ2) is 13.1. The largest absolute Gasteiger partial charge is 0.490 e. The molecule has 1 atom stereocenters. The van der Waals surface area contributed by atoms with Gasteiger partial charge in [-0.05, 0) is 72.5 Å². The number of ether oxygens (including phenoxy) is 3. The first-order valence-electron chi connectivity index (χ1n) is 13.5. The first kappa shape index (κ1) is 29.8. The van der Waals surface area contributed by atoms with Gasteiger partial charge in [-0.15, -0.1) is 0 Å². The summed E-state index contributed by atoms with van der Waals surface area (Å²) in [5.74, 6) is 0.776. The number of aromatic nitrogens is 2. The summed E-state index contributed by atoms with van der Waals surface area (Å²) in [5.41, 5.74) is 2.60. The van der Waals surface area contributed by atoms with Gasteiger partial charge in [0.1, 0.15) is 45.8 Å². The summed E-state index contributed by atoms with van der Waals surface area (Å²) in [4.78, 5) is 8.92. The summed E-state index contributed by atoms with van der Waals surface area (Å²) < 4.78 is 53.6. The van der Waals surface area contributed by atoms with Crippen molar-refractivity contribution in [2.45, 2.75) is 31.5 Å². The normalized spacial score (nSPS) is 16.5. The molecule has 4 aromatic rings. The van der Waals surface area contributed by atoms with E-state index < -0.39 is 15.4 Å². The Morgan fingerprint density at radius 2 is 1.98 bits per heavy atom. The lowest BCUT2D eigenvalue weighted by Crippen LogP contribution is -2.25. The molecule has 1 aromatic heterocycles. The minimum Gasteiger partial charge on any atom is -0.490 e. The third-order valence-corrected chi connectivity index (χ3v) is 8.15. The highest BCUT2D eigenvalue weighted by Crippen LogP contribution is 2.41. The summed E-state index contributed by atoms with van der Waals surface area (Å²) in [6.45, 7) is 0.805. The molecule has 0 fully saturated rings. The van der Waals surface area contributed by atoms with E-state index in [1.807, 2.05) is 30.3 Å². The Kier molecular flexibility index (Phi) is 9.25. The van der Waals surface area contributed by atoms with Crippen LogP contribution in [0.5, 0.6) is 5.75 Å². The molecule has 0 aliphatic carbocycles. The zero-order valence-electron chi connectivity index (χ0n) is 23.1. The van der Waals surface area contributed by atoms with Gasteiger partial charge >= 0.3 is 0 Å². The van der Waals surface area contributed by atoms with Gasteiger partial charge in [0.25, 0.3) is 0 Å². The lowest BCUT2D eigenvalue weighted by molar-refractivity contribution is 0.0210. The number of hydrogen-bond donors (Lipinski definition) is 1. The molecule has 1 aliphatic heterocycles. The van der Waals surface area contributed by atoms with Crippen LogP contribution in [0.1, 0.15) is 30.4 Å². The Balaban J connectivity index is 1.29. The molecule has 0 spiro atoms. The lowest BCUT2D eigenvalue weighted by atomic mass is 9.86. The molecule has 5 rings (SSSR count). The van der Waals surface area contributed by atoms with Crippen LogP contribution in [0.2, 0.25) is 5.02 Å². The Labute approximate surface area is 249 Å². The minimum atomic E-state index is -3.05. The van der Waals surface area contributed by atoms with Crippen LogP contribution in [0.25, 0.3) is 10.9 Å². The standard InChI is InChI=1S/C31H31ClFN3O5S/c1-42(37,38)16-15-39-13-3-11-31(12-4-14-41-31)23-7-9-28-26(18-23)30(35-21-34-28)36-25-8-10-29(27(32)19-25)40-20-22-5-2-6-24(33)17-22/h2,4-10,14,17-19,21H,3,11-13,15-16,20H2,1H3,(H,34,35,36). The van der Waals surface area contributed by atoms with Gasteiger partial charge in [-0.3, -0.25) is 0 Å². The number of anilines is 2.